The van der Waals surface area contributed by atoms with Gasteiger partial charge in [-0.1, -0.05) is 13.3 Å². The van der Waals surface area contributed by atoms with Crippen molar-refractivity contribution in [1.82, 2.24) is 4.98 Å². The number of aromatic nitrogens is 1. The van der Waals surface area contributed by atoms with Gasteiger partial charge in [0.1, 0.15) is 9.39 Å². The third-order valence-electron chi connectivity index (χ3n) is 1.89. The molecule has 0 saturated carbocycles. The molecule has 0 spiro atoms. The second-order valence-electron chi connectivity index (χ2n) is 3.06. The highest BCUT2D eigenvalue weighted by Gasteiger charge is 2.15. The van der Waals surface area contributed by atoms with Gasteiger partial charge < -0.3 is 10.8 Å². The minimum absolute atomic E-state index is 0.164. The first-order chi connectivity index (χ1) is 6.56. The lowest BCUT2D eigenvalue weighted by molar-refractivity contribution is 0.447. The van der Waals surface area contributed by atoms with E-state index in [1.54, 1.807) is 0 Å². The summed E-state index contributed by atoms with van der Waals surface area (Å²) in [6.07, 6.45) is 1.83. The van der Waals surface area contributed by atoms with E-state index in [2.05, 4.69) is 57.1 Å². The van der Waals surface area contributed by atoms with Crippen molar-refractivity contribution in [1.29, 1.82) is 0 Å². The number of nitrogens with two attached hydrogens (primary N) is 1. The average Bonchev–Trinajstić information content (AvgIpc) is 2.11. The van der Waals surface area contributed by atoms with Crippen LogP contribution in [0.5, 0.6) is 5.75 Å². The lowest BCUT2D eigenvalue weighted by Gasteiger charge is -2.12. The van der Waals surface area contributed by atoms with E-state index in [4.69, 9.17) is 5.73 Å². The molecule has 0 amide bonds. The zero-order valence-electron chi connectivity index (χ0n) is 7.80. The Kier molecular flexibility index (Phi) is 4.84. The summed E-state index contributed by atoms with van der Waals surface area (Å²) in [7, 11) is 0. The van der Waals surface area contributed by atoms with Crippen LogP contribution in [0.15, 0.2) is 6.07 Å². The lowest BCUT2D eigenvalue weighted by Crippen LogP contribution is -2.13. The monoisotopic (exact) mass is 418 g/mol. The van der Waals surface area contributed by atoms with Crippen LogP contribution in [-0.2, 0) is 0 Å². The van der Waals surface area contributed by atoms with E-state index in [9.17, 15) is 5.11 Å². The lowest BCUT2D eigenvalue weighted by atomic mass is 10.1. The highest BCUT2D eigenvalue weighted by molar-refractivity contribution is 14.1. The molecule has 1 atom stereocenters. The molecule has 14 heavy (non-hydrogen) atoms. The number of hydrogen-bond acceptors (Lipinski definition) is 3. The zero-order chi connectivity index (χ0) is 10.7. The minimum Gasteiger partial charge on any atom is -0.505 e. The molecule has 0 radical (unpaired) electrons. The van der Waals surface area contributed by atoms with Crippen molar-refractivity contribution >= 4 is 45.2 Å². The van der Waals surface area contributed by atoms with Crippen molar-refractivity contribution in [2.45, 2.75) is 25.8 Å². The van der Waals surface area contributed by atoms with E-state index < -0.39 is 0 Å². The average molecular weight is 418 g/mol. The van der Waals surface area contributed by atoms with Gasteiger partial charge in [-0.05, 0) is 57.7 Å². The smallest absolute Gasteiger partial charge is 0.152 e. The molecular weight excluding hydrogens is 406 g/mol. The second-order valence-corrected chi connectivity index (χ2v) is 5.32. The summed E-state index contributed by atoms with van der Waals surface area (Å²) in [4.78, 5) is 4.26. The van der Waals surface area contributed by atoms with Crippen molar-refractivity contribution in [3.63, 3.8) is 0 Å². The first kappa shape index (κ1) is 12.4. The molecule has 0 aliphatic carbocycles. The maximum absolute atomic E-state index is 9.77. The van der Waals surface area contributed by atoms with Gasteiger partial charge in [-0.15, -0.1) is 0 Å². The molecule has 0 saturated heterocycles. The van der Waals surface area contributed by atoms with Crippen LogP contribution >= 0.6 is 45.2 Å². The third kappa shape index (κ3) is 2.93. The van der Waals surface area contributed by atoms with Crippen LogP contribution in [0.3, 0.4) is 0 Å². The van der Waals surface area contributed by atoms with Gasteiger partial charge in [0, 0.05) is 0 Å². The molecular formula is C9H12I2N2O. The van der Waals surface area contributed by atoms with Crippen molar-refractivity contribution in [2.75, 3.05) is 0 Å². The Bertz CT molecular complexity index is 331. The van der Waals surface area contributed by atoms with Crippen molar-refractivity contribution in [3.8, 4) is 5.75 Å². The first-order valence-electron chi connectivity index (χ1n) is 4.36. The number of rotatable bonds is 3. The molecule has 0 fully saturated rings. The fraction of sp³-hybridized carbons (Fsp3) is 0.444. The highest BCUT2D eigenvalue weighted by atomic mass is 127. The summed E-state index contributed by atoms with van der Waals surface area (Å²) in [6.45, 7) is 2.07. The summed E-state index contributed by atoms with van der Waals surface area (Å²) in [5, 5.41) is 9.77. The number of aromatic hydroxyl groups is 1. The van der Waals surface area contributed by atoms with Gasteiger partial charge in [-0.3, -0.25) is 0 Å². The van der Waals surface area contributed by atoms with Crippen LogP contribution in [0, 0.1) is 7.27 Å². The van der Waals surface area contributed by atoms with E-state index in [1.807, 2.05) is 6.07 Å². The fourth-order valence-electron chi connectivity index (χ4n) is 1.20. The summed E-state index contributed by atoms with van der Waals surface area (Å²) in [5.74, 6) is 0.229. The van der Waals surface area contributed by atoms with E-state index in [1.165, 1.54) is 0 Å². The molecule has 1 heterocycles. The first-order valence-corrected chi connectivity index (χ1v) is 6.52. The predicted molar refractivity (Wildman–Crippen MR) is 73.2 cm³/mol. The molecule has 1 aromatic heterocycles. The molecule has 3 N–H and O–H groups in total. The van der Waals surface area contributed by atoms with E-state index >= 15 is 0 Å². The predicted octanol–water partition coefficient (Wildman–Crippen LogP) is 2.80. The topological polar surface area (TPSA) is 59.1 Å². The number of nitrogens with zero attached hydrogens (tertiary/aromatic N) is 1. The Hall–Kier alpha value is 0.370. The van der Waals surface area contributed by atoms with Crippen LogP contribution in [0.4, 0.5) is 0 Å². The maximum Gasteiger partial charge on any atom is 0.152 e. The largest absolute Gasteiger partial charge is 0.505 e. The van der Waals surface area contributed by atoms with Crippen LogP contribution < -0.4 is 5.73 Å². The molecule has 1 aromatic rings. The van der Waals surface area contributed by atoms with Gasteiger partial charge in [0.15, 0.2) is 5.75 Å². The van der Waals surface area contributed by atoms with Crippen LogP contribution in [0.2, 0.25) is 0 Å². The van der Waals surface area contributed by atoms with Crippen LogP contribution in [0.25, 0.3) is 0 Å². The standard InChI is InChI=1S/C9H12I2N2O/c1-2-3-6(12)8-9(14)5(10)4-7(11)13-8/h4,6,14H,2-3,12H2,1H3/t6-/m1/s1. The zero-order valence-corrected chi connectivity index (χ0v) is 12.1. The van der Waals surface area contributed by atoms with Gasteiger partial charge in [0.25, 0.3) is 0 Å². The second kappa shape index (κ2) is 5.45. The Labute approximate surface area is 111 Å². The molecule has 5 heteroatoms. The summed E-state index contributed by atoms with van der Waals surface area (Å²) in [6, 6.07) is 1.67. The van der Waals surface area contributed by atoms with E-state index in [-0.39, 0.29) is 11.8 Å². The summed E-state index contributed by atoms with van der Waals surface area (Å²) in [5.41, 5.74) is 6.53. The molecule has 0 unspecified atom stereocenters. The summed E-state index contributed by atoms with van der Waals surface area (Å²) >= 11 is 4.21. The molecule has 0 aliphatic heterocycles. The Balaban J connectivity index is 3.07. The fourth-order valence-corrected chi connectivity index (χ4v) is 2.94. The SMILES string of the molecule is CCC[C@@H](N)c1nc(I)cc(I)c1O. The molecule has 78 valence electrons. The van der Waals surface area contributed by atoms with Crippen LogP contribution in [0.1, 0.15) is 31.5 Å². The number of halogens is 2. The summed E-state index contributed by atoms with van der Waals surface area (Å²) < 4.78 is 1.68. The molecule has 0 bridgehead atoms. The highest BCUT2D eigenvalue weighted by Crippen LogP contribution is 2.29. The molecule has 3 nitrogen and oxygen atoms in total. The minimum atomic E-state index is -0.164. The van der Waals surface area contributed by atoms with Crippen molar-refractivity contribution < 1.29 is 5.11 Å². The number of pyridine rings is 1. The molecule has 0 aromatic carbocycles. The van der Waals surface area contributed by atoms with Gasteiger partial charge >= 0.3 is 0 Å². The number of hydrogen-bond donors (Lipinski definition) is 2. The van der Waals surface area contributed by atoms with Gasteiger partial charge in [0.05, 0.1) is 9.61 Å². The van der Waals surface area contributed by atoms with Gasteiger partial charge in [-0.25, -0.2) is 4.98 Å². The van der Waals surface area contributed by atoms with Crippen LogP contribution in [-0.4, -0.2) is 10.1 Å². The Morgan fingerprint density at radius 2 is 2.21 bits per heavy atom. The Morgan fingerprint density at radius 1 is 1.57 bits per heavy atom. The normalized spacial score (nSPS) is 12.9. The Morgan fingerprint density at radius 3 is 2.79 bits per heavy atom. The molecule has 1 rings (SSSR count). The third-order valence-corrected chi connectivity index (χ3v) is 3.27. The van der Waals surface area contributed by atoms with Crippen molar-refractivity contribution in [3.05, 3.63) is 19.0 Å². The quantitative estimate of drug-likeness (QED) is 0.587. The van der Waals surface area contributed by atoms with Gasteiger partial charge in [0.2, 0.25) is 0 Å². The van der Waals surface area contributed by atoms with Gasteiger partial charge in [-0.2, -0.15) is 0 Å². The van der Waals surface area contributed by atoms with E-state index in [0.29, 0.717) is 5.69 Å². The van der Waals surface area contributed by atoms with E-state index in [0.717, 1.165) is 20.1 Å². The maximum atomic E-state index is 9.77. The molecule has 0 aliphatic rings. The van der Waals surface area contributed by atoms with Crippen molar-refractivity contribution in [2.24, 2.45) is 5.73 Å².